The predicted molar refractivity (Wildman–Crippen MR) is 58.0 cm³/mol. The van der Waals surface area contributed by atoms with Crippen molar-refractivity contribution in [3.63, 3.8) is 0 Å². The van der Waals surface area contributed by atoms with Crippen LogP contribution >= 0.6 is 0 Å². The van der Waals surface area contributed by atoms with Crippen molar-refractivity contribution in [2.45, 2.75) is 37.6 Å². The number of aliphatic hydroxyl groups excluding tert-OH is 3. The number of nitrogens with one attached hydrogen (secondary N) is 1. The molecule has 10 nitrogen and oxygen atoms in total. The molecule has 5 atom stereocenters. The van der Waals surface area contributed by atoms with Gasteiger partial charge in [0.2, 0.25) is 5.91 Å². The standard InChI is InChI=1S/C8H15NO9S/c1-3(10)9-5-7(12)6(11)4(18-8(5)13)2-17-19(14,15)16/h4-8,11-13H,2H2,1H3,(H,9,10)(H,14,15,16)/t4?,5?,6-,7+,8?/m0/s1. The van der Waals surface area contributed by atoms with Crippen molar-refractivity contribution < 1.29 is 42.0 Å². The minimum atomic E-state index is -4.74. The van der Waals surface area contributed by atoms with E-state index < -0.39 is 53.6 Å². The van der Waals surface area contributed by atoms with Crippen LogP contribution in [0.2, 0.25) is 0 Å². The van der Waals surface area contributed by atoms with E-state index in [4.69, 9.17) is 9.29 Å². The van der Waals surface area contributed by atoms with Crippen molar-refractivity contribution in [2.75, 3.05) is 6.61 Å². The topological polar surface area (TPSA) is 163 Å². The van der Waals surface area contributed by atoms with Crippen LogP contribution in [0.3, 0.4) is 0 Å². The van der Waals surface area contributed by atoms with E-state index >= 15 is 0 Å². The van der Waals surface area contributed by atoms with Crippen molar-refractivity contribution in [2.24, 2.45) is 0 Å². The first kappa shape index (κ1) is 16.2. The summed E-state index contributed by atoms with van der Waals surface area (Å²) in [5.41, 5.74) is 0. The fourth-order valence-corrected chi connectivity index (χ4v) is 1.93. The molecule has 1 aliphatic rings. The maximum Gasteiger partial charge on any atom is 0.397 e. The lowest BCUT2D eigenvalue weighted by Crippen LogP contribution is -2.64. The third-order valence-corrected chi connectivity index (χ3v) is 2.91. The summed E-state index contributed by atoms with van der Waals surface area (Å²) in [6, 6.07) is -1.27. The Balaban J connectivity index is 2.69. The molecular weight excluding hydrogens is 286 g/mol. The molecular formula is C8H15NO9S. The third-order valence-electron chi connectivity index (χ3n) is 2.47. The number of hydrogen-bond acceptors (Lipinski definition) is 8. The Hall–Kier alpha value is -0.820. The van der Waals surface area contributed by atoms with E-state index in [1.165, 1.54) is 0 Å². The van der Waals surface area contributed by atoms with Gasteiger partial charge in [0.15, 0.2) is 6.29 Å². The van der Waals surface area contributed by atoms with E-state index in [0.29, 0.717) is 0 Å². The maximum absolute atomic E-state index is 10.8. The molecule has 0 radical (unpaired) electrons. The van der Waals surface area contributed by atoms with Gasteiger partial charge >= 0.3 is 10.4 Å². The zero-order chi connectivity index (χ0) is 14.8. The fourth-order valence-electron chi connectivity index (χ4n) is 1.63. The summed E-state index contributed by atoms with van der Waals surface area (Å²) in [5.74, 6) is -0.563. The summed E-state index contributed by atoms with van der Waals surface area (Å²) >= 11 is 0. The number of carbonyl (C=O) groups excluding carboxylic acids is 1. The number of hydrogen-bond donors (Lipinski definition) is 5. The normalized spacial score (nSPS) is 35.9. The molecule has 3 unspecified atom stereocenters. The molecule has 1 heterocycles. The molecule has 1 amide bonds. The predicted octanol–water partition coefficient (Wildman–Crippen LogP) is -3.25. The van der Waals surface area contributed by atoms with Crippen molar-refractivity contribution in [1.82, 2.24) is 5.32 Å². The highest BCUT2D eigenvalue weighted by Crippen LogP contribution is 2.20. The van der Waals surface area contributed by atoms with Gasteiger partial charge in [0, 0.05) is 6.92 Å². The largest absolute Gasteiger partial charge is 0.397 e. The molecule has 1 fully saturated rings. The molecule has 0 aromatic rings. The van der Waals surface area contributed by atoms with Gasteiger partial charge in [0.05, 0.1) is 6.61 Å². The summed E-state index contributed by atoms with van der Waals surface area (Å²) in [6.07, 6.45) is -6.28. The van der Waals surface area contributed by atoms with Gasteiger partial charge in [-0.15, -0.1) is 0 Å². The second-order valence-corrected chi connectivity index (χ2v) is 5.08. The monoisotopic (exact) mass is 301 g/mol. The summed E-state index contributed by atoms with van der Waals surface area (Å²) in [5, 5.41) is 31.0. The SMILES string of the molecule is CC(=O)NC1C(O)OC(COS(=O)(=O)O)[C@H](O)[C@@H]1O. The Morgan fingerprint density at radius 2 is 1.89 bits per heavy atom. The molecule has 0 aromatic heterocycles. The quantitative estimate of drug-likeness (QED) is 0.335. The number of rotatable bonds is 4. The van der Waals surface area contributed by atoms with Gasteiger partial charge in [0.1, 0.15) is 24.4 Å². The van der Waals surface area contributed by atoms with E-state index in [1.54, 1.807) is 0 Å². The molecule has 0 aromatic carbocycles. The Labute approximate surface area is 108 Å². The van der Waals surface area contributed by atoms with E-state index in [1.807, 2.05) is 0 Å². The van der Waals surface area contributed by atoms with Crippen molar-refractivity contribution >= 4 is 16.3 Å². The van der Waals surface area contributed by atoms with E-state index in [-0.39, 0.29) is 0 Å². The van der Waals surface area contributed by atoms with Gasteiger partial charge < -0.3 is 25.4 Å². The Bertz CT molecular complexity index is 424. The van der Waals surface area contributed by atoms with Crippen LogP contribution in [0.4, 0.5) is 0 Å². The van der Waals surface area contributed by atoms with Gasteiger partial charge in [-0.25, -0.2) is 4.18 Å². The number of amides is 1. The van der Waals surface area contributed by atoms with Crippen LogP contribution in [0.15, 0.2) is 0 Å². The van der Waals surface area contributed by atoms with Gasteiger partial charge in [-0.2, -0.15) is 8.42 Å². The molecule has 1 rings (SSSR count). The number of ether oxygens (including phenoxy) is 1. The summed E-state index contributed by atoms with van der Waals surface area (Å²) in [6.45, 7) is 0.334. The van der Waals surface area contributed by atoms with E-state index in [0.717, 1.165) is 6.92 Å². The highest BCUT2D eigenvalue weighted by molar-refractivity contribution is 7.80. The van der Waals surface area contributed by atoms with Gasteiger partial charge in [-0.05, 0) is 0 Å². The average Bonchev–Trinajstić information content (AvgIpc) is 2.26. The van der Waals surface area contributed by atoms with Gasteiger partial charge in [-0.1, -0.05) is 0 Å². The van der Waals surface area contributed by atoms with Crippen molar-refractivity contribution in [3.8, 4) is 0 Å². The highest BCUT2D eigenvalue weighted by atomic mass is 32.3. The van der Waals surface area contributed by atoms with Crippen LogP contribution < -0.4 is 5.32 Å². The molecule has 0 aliphatic carbocycles. The van der Waals surface area contributed by atoms with Crippen LogP contribution in [0, 0.1) is 0 Å². The van der Waals surface area contributed by atoms with Gasteiger partial charge in [0.25, 0.3) is 0 Å². The van der Waals surface area contributed by atoms with Crippen LogP contribution in [-0.2, 0) is 24.1 Å². The zero-order valence-corrected chi connectivity index (χ0v) is 10.6. The first-order valence-electron chi connectivity index (χ1n) is 5.20. The molecule has 5 N–H and O–H groups in total. The summed E-state index contributed by atoms with van der Waals surface area (Å²) < 4.78 is 37.9. The lowest BCUT2D eigenvalue weighted by Gasteiger charge is -2.40. The molecule has 19 heavy (non-hydrogen) atoms. The lowest BCUT2D eigenvalue weighted by atomic mass is 9.97. The van der Waals surface area contributed by atoms with Crippen molar-refractivity contribution in [1.29, 1.82) is 0 Å². The average molecular weight is 301 g/mol. The van der Waals surface area contributed by atoms with Crippen LogP contribution in [0.5, 0.6) is 0 Å². The summed E-state index contributed by atoms with van der Waals surface area (Å²) in [7, 11) is -4.74. The number of carbonyl (C=O) groups is 1. The highest BCUT2D eigenvalue weighted by Gasteiger charge is 2.44. The minimum Gasteiger partial charge on any atom is -0.388 e. The second-order valence-electron chi connectivity index (χ2n) is 3.98. The smallest absolute Gasteiger partial charge is 0.388 e. The minimum absolute atomic E-state index is 0.563. The summed E-state index contributed by atoms with van der Waals surface area (Å²) in [4.78, 5) is 10.8. The third kappa shape index (κ3) is 4.65. The van der Waals surface area contributed by atoms with E-state index in [9.17, 15) is 28.5 Å². The van der Waals surface area contributed by atoms with Crippen LogP contribution in [0.25, 0.3) is 0 Å². The van der Waals surface area contributed by atoms with E-state index in [2.05, 4.69) is 9.50 Å². The zero-order valence-electron chi connectivity index (χ0n) is 9.83. The first-order valence-corrected chi connectivity index (χ1v) is 6.57. The fraction of sp³-hybridized carbons (Fsp3) is 0.875. The maximum atomic E-state index is 10.8. The van der Waals surface area contributed by atoms with Gasteiger partial charge in [-0.3, -0.25) is 9.35 Å². The van der Waals surface area contributed by atoms with Crippen LogP contribution in [-0.4, -0.2) is 71.4 Å². The molecule has 0 spiro atoms. The molecule has 112 valence electrons. The molecule has 0 saturated carbocycles. The molecule has 1 saturated heterocycles. The first-order chi connectivity index (χ1) is 8.61. The molecule has 0 bridgehead atoms. The number of aliphatic hydroxyl groups is 3. The Kier molecular flexibility index (Phi) is 5.20. The second kappa shape index (κ2) is 6.09. The van der Waals surface area contributed by atoms with Crippen molar-refractivity contribution in [3.05, 3.63) is 0 Å². The Morgan fingerprint density at radius 3 is 2.37 bits per heavy atom. The Morgan fingerprint density at radius 1 is 1.32 bits per heavy atom. The lowest BCUT2D eigenvalue weighted by molar-refractivity contribution is -0.252. The molecule has 11 heteroatoms. The van der Waals surface area contributed by atoms with Crippen LogP contribution in [0.1, 0.15) is 6.92 Å². The molecule has 1 aliphatic heterocycles.